The Kier molecular flexibility index (Phi) is 12.4. The van der Waals surface area contributed by atoms with Crippen molar-refractivity contribution in [2.45, 2.75) is 90.4 Å². The topological polar surface area (TPSA) is 116 Å². The molecule has 8 nitrogen and oxygen atoms in total. The zero-order valence-corrected chi connectivity index (χ0v) is 20.0. The molecule has 184 valence electrons. The van der Waals surface area contributed by atoms with E-state index in [4.69, 9.17) is 14.2 Å². The van der Waals surface area contributed by atoms with Crippen molar-refractivity contribution in [1.29, 1.82) is 0 Å². The van der Waals surface area contributed by atoms with Gasteiger partial charge >= 0.3 is 17.9 Å². The predicted molar refractivity (Wildman–Crippen MR) is 122 cm³/mol. The maximum atomic E-state index is 12.3. The highest BCUT2D eigenvalue weighted by Crippen LogP contribution is 2.32. The van der Waals surface area contributed by atoms with Gasteiger partial charge < -0.3 is 19.3 Å². The van der Waals surface area contributed by atoms with Crippen LogP contribution >= 0.6 is 0 Å². The Morgan fingerprint density at radius 3 is 2.24 bits per heavy atom. The van der Waals surface area contributed by atoms with Crippen molar-refractivity contribution in [3.05, 3.63) is 36.0 Å². The van der Waals surface area contributed by atoms with E-state index in [-0.39, 0.29) is 18.0 Å². The summed E-state index contributed by atoms with van der Waals surface area (Å²) >= 11 is 0. The third-order valence-electron chi connectivity index (χ3n) is 5.15. The molecule has 1 aliphatic rings. The number of esters is 3. The van der Waals surface area contributed by atoms with E-state index in [2.05, 4.69) is 6.92 Å². The van der Waals surface area contributed by atoms with E-state index < -0.39 is 35.7 Å². The van der Waals surface area contributed by atoms with Crippen LogP contribution in [-0.4, -0.2) is 53.2 Å². The summed E-state index contributed by atoms with van der Waals surface area (Å²) in [4.78, 5) is 46.5. The van der Waals surface area contributed by atoms with Crippen LogP contribution in [0.3, 0.4) is 0 Å². The van der Waals surface area contributed by atoms with Gasteiger partial charge in [-0.05, 0) is 31.1 Å². The normalized spacial score (nSPS) is 20.8. The average Bonchev–Trinajstić information content (AvgIpc) is 3.01. The molecule has 0 aromatic carbocycles. The van der Waals surface area contributed by atoms with Crippen molar-refractivity contribution in [2.75, 3.05) is 6.61 Å². The van der Waals surface area contributed by atoms with Gasteiger partial charge in [0.05, 0.1) is 0 Å². The fourth-order valence-electron chi connectivity index (χ4n) is 3.53. The lowest BCUT2D eigenvalue weighted by Gasteiger charge is -2.24. The van der Waals surface area contributed by atoms with E-state index >= 15 is 0 Å². The first-order chi connectivity index (χ1) is 15.6. The molecule has 3 unspecified atom stereocenters. The third-order valence-corrected chi connectivity index (χ3v) is 5.15. The fourth-order valence-corrected chi connectivity index (χ4v) is 3.53. The van der Waals surface area contributed by atoms with Crippen molar-refractivity contribution < 1.29 is 38.5 Å². The van der Waals surface area contributed by atoms with Crippen LogP contribution in [0.2, 0.25) is 0 Å². The van der Waals surface area contributed by atoms with Gasteiger partial charge in [0, 0.05) is 26.3 Å². The van der Waals surface area contributed by atoms with E-state index in [9.17, 15) is 24.3 Å². The fraction of sp³-hybridized carbons (Fsp3) is 0.600. The summed E-state index contributed by atoms with van der Waals surface area (Å²) in [6.45, 7) is 5.42. The Morgan fingerprint density at radius 1 is 1.00 bits per heavy atom. The van der Waals surface area contributed by atoms with Crippen LogP contribution in [0.15, 0.2) is 36.0 Å². The maximum absolute atomic E-state index is 12.3. The molecule has 0 radical (unpaired) electrons. The largest absolute Gasteiger partial charge is 0.462 e. The van der Waals surface area contributed by atoms with Crippen LogP contribution in [0, 0.1) is 0 Å². The van der Waals surface area contributed by atoms with E-state index in [0.29, 0.717) is 6.42 Å². The second-order valence-corrected chi connectivity index (χ2v) is 8.13. The molecule has 0 bridgehead atoms. The SMILES string of the molecule is CCCCCCCCC1(O)C=CC(=O)C1=CC=CC(OC(C)=O)C(COC(C)=O)OC(C)=O. The quantitative estimate of drug-likeness (QED) is 0.180. The highest BCUT2D eigenvalue weighted by Gasteiger charge is 2.36. The molecular formula is C25H36O8. The molecule has 0 saturated carbocycles. The average molecular weight is 465 g/mol. The van der Waals surface area contributed by atoms with Crippen LogP contribution in [-0.2, 0) is 33.4 Å². The van der Waals surface area contributed by atoms with Gasteiger partial charge in [-0.25, -0.2) is 0 Å². The summed E-state index contributed by atoms with van der Waals surface area (Å²) < 4.78 is 15.3. The molecule has 1 aliphatic carbocycles. The standard InChI is InChI=1S/C25H36O8/c1-5-6-7-8-9-10-15-25(30)16-14-22(29)21(25)12-11-13-23(32-19(3)27)24(33-20(4)28)17-31-18(2)26/h11-14,16,23-24,30H,5-10,15,17H2,1-4H3. The number of hydrogen-bond acceptors (Lipinski definition) is 8. The van der Waals surface area contributed by atoms with Gasteiger partial charge in [0.25, 0.3) is 0 Å². The minimum absolute atomic E-state index is 0.220. The molecule has 0 fully saturated rings. The van der Waals surface area contributed by atoms with Crippen LogP contribution < -0.4 is 0 Å². The first-order valence-corrected chi connectivity index (χ1v) is 11.4. The van der Waals surface area contributed by atoms with Crippen molar-refractivity contribution in [2.24, 2.45) is 0 Å². The number of carbonyl (C=O) groups is 4. The number of rotatable bonds is 14. The Balaban J connectivity index is 2.94. The Hall–Kier alpha value is -2.74. The summed E-state index contributed by atoms with van der Waals surface area (Å²) in [5.74, 6) is -2.15. The molecule has 1 rings (SSSR count). The van der Waals surface area contributed by atoms with E-state index in [1.54, 1.807) is 0 Å². The van der Waals surface area contributed by atoms with Gasteiger partial charge in [0.1, 0.15) is 12.2 Å². The maximum Gasteiger partial charge on any atom is 0.303 e. The lowest BCUT2D eigenvalue weighted by atomic mass is 9.90. The van der Waals surface area contributed by atoms with Gasteiger partial charge in [-0.1, -0.05) is 51.2 Å². The highest BCUT2D eigenvalue weighted by atomic mass is 16.6. The minimum Gasteiger partial charge on any atom is -0.462 e. The van der Waals surface area contributed by atoms with E-state index in [1.807, 2.05) is 0 Å². The second kappa shape index (κ2) is 14.4. The molecule has 0 amide bonds. The number of allylic oxidation sites excluding steroid dienone is 3. The smallest absolute Gasteiger partial charge is 0.303 e. The Morgan fingerprint density at radius 2 is 1.64 bits per heavy atom. The molecule has 0 saturated heterocycles. The Labute approximate surface area is 195 Å². The Bertz CT molecular complexity index is 779. The summed E-state index contributed by atoms with van der Waals surface area (Å²) in [6.07, 6.45) is 11.9. The van der Waals surface area contributed by atoms with Gasteiger partial charge in [-0.15, -0.1) is 0 Å². The third kappa shape index (κ3) is 10.6. The molecule has 8 heteroatoms. The molecule has 0 heterocycles. The minimum atomic E-state index is -1.35. The number of carbonyl (C=O) groups excluding carboxylic acids is 4. The van der Waals surface area contributed by atoms with Crippen molar-refractivity contribution in [3.63, 3.8) is 0 Å². The lowest BCUT2D eigenvalue weighted by molar-refractivity contribution is -0.169. The molecule has 0 aliphatic heterocycles. The number of ether oxygens (including phenoxy) is 3. The summed E-state index contributed by atoms with van der Waals surface area (Å²) in [6, 6.07) is 0. The number of ketones is 1. The van der Waals surface area contributed by atoms with Crippen LogP contribution in [0.25, 0.3) is 0 Å². The summed E-state index contributed by atoms with van der Waals surface area (Å²) in [5.41, 5.74) is -1.13. The van der Waals surface area contributed by atoms with Crippen molar-refractivity contribution in [1.82, 2.24) is 0 Å². The van der Waals surface area contributed by atoms with Crippen LogP contribution in [0.5, 0.6) is 0 Å². The van der Waals surface area contributed by atoms with Crippen molar-refractivity contribution >= 4 is 23.7 Å². The summed E-state index contributed by atoms with van der Waals surface area (Å²) in [7, 11) is 0. The monoisotopic (exact) mass is 464 g/mol. The van der Waals surface area contributed by atoms with Gasteiger partial charge in [0.2, 0.25) is 0 Å². The molecule has 0 spiro atoms. The zero-order valence-electron chi connectivity index (χ0n) is 20.0. The second-order valence-electron chi connectivity index (χ2n) is 8.13. The zero-order chi connectivity index (χ0) is 24.9. The summed E-state index contributed by atoms with van der Waals surface area (Å²) in [5, 5.41) is 11.0. The lowest BCUT2D eigenvalue weighted by Crippen LogP contribution is -2.37. The first-order valence-electron chi connectivity index (χ1n) is 11.4. The molecular weight excluding hydrogens is 428 g/mol. The number of unbranched alkanes of at least 4 members (excludes halogenated alkanes) is 5. The number of hydrogen-bond donors (Lipinski definition) is 1. The molecule has 33 heavy (non-hydrogen) atoms. The van der Waals surface area contributed by atoms with Gasteiger partial charge in [0.15, 0.2) is 18.0 Å². The number of aliphatic hydroxyl groups is 1. The molecule has 0 aromatic heterocycles. The van der Waals surface area contributed by atoms with E-state index in [0.717, 1.165) is 32.1 Å². The van der Waals surface area contributed by atoms with Gasteiger partial charge in [-0.3, -0.25) is 19.2 Å². The van der Waals surface area contributed by atoms with Crippen LogP contribution in [0.1, 0.15) is 72.6 Å². The molecule has 0 aromatic rings. The molecule has 1 N–H and O–H groups in total. The van der Waals surface area contributed by atoms with Crippen LogP contribution in [0.4, 0.5) is 0 Å². The predicted octanol–water partition coefficient (Wildman–Crippen LogP) is 3.52. The van der Waals surface area contributed by atoms with Gasteiger partial charge in [-0.2, -0.15) is 0 Å². The first kappa shape index (κ1) is 28.3. The highest BCUT2D eigenvalue weighted by molar-refractivity contribution is 6.09. The van der Waals surface area contributed by atoms with E-state index in [1.165, 1.54) is 57.6 Å². The van der Waals surface area contributed by atoms with Crippen molar-refractivity contribution in [3.8, 4) is 0 Å². The molecule has 3 atom stereocenters.